The number of Topliss-reactive ketones (excluding diaryl/α,β-unsaturated/α-hetero) is 1. The van der Waals surface area contributed by atoms with Crippen LogP contribution in [0.2, 0.25) is 0 Å². The highest BCUT2D eigenvalue weighted by atomic mass is 16.5. The number of methoxy groups -OCH3 is 1. The predicted molar refractivity (Wildman–Crippen MR) is 128 cm³/mol. The number of ether oxygens (including phenoxy) is 2. The molecule has 0 saturated carbocycles. The summed E-state index contributed by atoms with van der Waals surface area (Å²) in [6, 6.07) is 24.3. The molecule has 1 aliphatic heterocycles. The Balaban J connectivity index is 1.32. The Morgan fingerprint density at radius 3 is 2.22 bits per heavy atom. The molecule has 0 aromatic heterocycles. The molecule has 1 fully saturated rings. The molecule has 0 atom stereocenters. The van der Waals surface area contributed by atoms with Gasteiger partial charge in [-0.3, -0.25) is 9.69 Å². The highest BCUT2D eigenvalue weighted by molar-refractivity contribution is 5.94. The number of anilines is 1. The fourth-order valence-electron chi connectivity index (χ4n) is 3.99. The molecule has 5 heteroatoms. The van der Waals surface area contributed by atoms with E-state index in [9.17, 15) is 4.79 Å². The van der Waals surface area contributed by atoms with Crippen molar-refractivity contribution in [3.63, 3.8) is 0 Å². The fraction of sp³-hybridized carbons (Fsp3) is 0.296. The lowest BCUT2D eigenvalue weighted by Crippen LogP contribution is -2.45. The molecule has 3 aromatic carbocycles. The van der Waals surface area contributed by atoms with E-state index in [1.165, 1.54) is 11.3 Å². The number of benzene rings is 3. The Labute approximate surface area is 190 Å². The molecule has 0 radical (unpaired) electrons. The summed E-state index contributed by atoms with van der Waals surface area (Å²) in [5, 5.41) is 0. The van der Waals surface area contributed by atoms with Crippen molar-refractivity contribution in [2.24, 2.45) is 0 Å². The van der Waals surface area contributed by atoms with Crippen molar-refractivity contribution < 1.29 is 14.3 Å². The van der Waals surface area contributed by atoms with Crippen LogP contribution >= 0.6 is 0 Å². The van der Waals surface area contributed by atoms with Gasteiger partial charge in [0.1, 0.15) is 6.61 Å². The van der Waals surface area contributed by atoms with Crippen LogP contribution in [-0.2, 0) is 13.2 Å². The molecule has 166 valence electrons. The molecular weight excluding hydrogens is 400 g/mol. The molecule has 0 aliphatic carbocycles. The molecule has 0 unspecified atom stereocenters. The quantitative estimate of drug-likeness (QED) is 0.480. The van der Waals surface area contributed by atoms with Gasteiger partial charge in [-0.25, -0.2) is 0 Å². The van der Waals surface area contributed by atoms with E-state index in [0.29, 0.717) is 6.61 Å². The summed E-state index contributed by atoms with van der Waals surface area (Å²) in [6.07, 6.45) is 0. The first-order valence-electron chi connectivity index (χ1n) is 11.0. The first-order chi connectivity index (χ1) is 15.6. The third-order valence-electron chi connectivity index (χ3n) is 5.88. The molecule has 3 aromatic rings. The highest BCUT2D eigenvalue weighted by Gasteiger charge is 2.18. The normalized spacial score (nSPS) is 14.2. The number of ketones is 1. The Hall–Kier alpha value is -3.31. The van der Waals surface area contributed by atoms with Crippen LogP contribution in [0.5, 0.6) is 11.5 Å². The Morgan fingerprint density at radius 1 is 0.844 bits per heavy atom. The Kier molecular flexibility index (Phi) is 7.07. The second-order valence-corrected chi connectivity index (χ2v) is 8.13. The van der Waals surface area contributed by atoms with E-state index < -0.39 is 0 Å². The van der Waals surface area contributed by atoms with Gasteiger partial charge in [0.25, 0.3) is 0 Å². The van der Waals surface area contributed by atoms with Gasteiger partial charge in [0.2, 0.25) is 0 Å². The van der Waals surface area contributed by atoms with Gasteiger partial charge in [0.15, 0.2) is 17.3 Å². The monoisotopic (exact) mass is 430 g/mol. The summed E-state index contributed by atoms with van der Waals surface area (Å²) in [6.45, 7) is 6.92. The van der Waals surface area contributed by atoms with Crippen LogP contribution in [0.1, 0.15) is 28.4 Å². The molecule has 5 nitrogen and oxygen atoms in total. The van der Waals surface area contributed by atoms with E-state index in [0.717, 1.165) is 55.3 Å². The van der Waals surface area contributed by atoms with Crippen molar-refractivity contribution in [3.05, 3.63) is 89.5 Å². The van der Waals surface area contributed by atoms with Gasteiger partial charge in [-0.1, -0.05) is 36.4 Å². The maximum atomic E-state index is 11.5. The molecule has 32 heavy (non-hydrogen) atoms. The number of carbonyl (C=O) groups is 1. The van der Waals surface area contributed by atoms with Crippen LogP contribution in [0.4, 0.5) is 5.69 Å². The maximum Gasteiger partial charge on any atom is 0.161 e. The summed E-state index contributed by atoms with van der Waals surface area (Å²) < 4.78 is 11.6. The van der Waals surface area contributed by atoms with Gasteiger partial charge >= 0.3 is 0 Å². The van der Waals surface area contributed by atoms with Crippen molar-refractivity contribution in [1.29, 1.82) is 0 Å². The molecular formula is C27H30N2O3. The summed E-state index contributed by atoms with van der Waals surface area (Å²) >= 11 is 0. The van der Waals surface area contributed by atoms with Crippen LogP contribution in [0.25, 0.3) is 0 Å². The molecule has 0 N–H and O–H groups in total. The molecule has 1 aliphatic rings. The minimum Gasteiger partial charge on any atom is -0.493 e. The number of hydrogen-bond acceptors (Lipinski definition) is 5. The van der Waals surface area contributed by atoms with E-state index in [1.807, 2.05) is 48.5 Å². The minimum absolute atomic E-state index is 0.105. The van der Waals surface area contributed by atoms with Crippen molar-refractivity contribution in [3.8, 4) is 11.5 Å². The molecule has 0 spiro atoms. The average Bonchev–Trinajstić information content (AvgIpc) is 2.84. The van der Waals surface area contributed by atoms with Crippen LogP contribution in [0.3, 0.4) is 0 Å². The zero-order chi connectivity index (χ0) is 22.3. The zero-order valence-corrected chi connectivity index (χ0v) is 18.8. The van der Waals surface area contributed by atoms with Gasteiger partial charge in [-0.15, -0.1) is 0 Å². The van der Waals surface area contributed by atoms with Gasteiger partial charge in [-0.05, 0) is 54.4 Å². The highest BCUT2D eigenvalue weighted by Crippen LogP contribution is 2.29. The maximum absolute atomic E-state index is 11.5. The molecule has 0 amide bonds. The molecule has 1 heterocycles. The molecule has 4 rings (SSSR count). The zero-order valence-electron chi connectivity index (χ0n) is 18.8. The summed E-state index contributed by atoms with van der Waals surface area (Å²) in [5.74, 6) is 1.63. The van der Waals surface area contributed by atoms with Crippen LogP contribution < -0.4 is 14.4 Å². The third-order valence-corrected chi connectivity index (χ3v) is 5.88. The van der Waals surface area contributed by atoms with Gasteiger partial charge in [-0.2, -0.15) is 0 Å². The number of nitrogens with zero attached hydrogens (tertiary/aromatic N) is 2. The lowest BCUT2D eigenvalue weighted by Gasteiger charge is -2.36. The SMILES string of the molecule is COc1cc(CN2CCN(c3ccc(C(C)=O)cc3)CC2)ccc1OCc1ccccc1. The fourth-order valence-corrected chi connectivity index (χ4v) is 3.99. The number of hydrogen-bond donors (Lipinski definition) is 0. The topological polar surface area (TPSA) is 42.0 Å². The second-order valence-electron chi connectivity index (χ2n) is 8.13. The van der Waals surface area contributed by atoms with Crippen LogP contribution in [0, 0.1) is 0 Å². The van der Waals surface area contributed by atoms with E-state index in [2.05, 4.69) is 34.1 Å². The second kappa shape index (κ2) is 10.3. The first kappa shape index (κ1) is 21.9. The predicted octanol–water partition coefficient (Wildman–Crippen LogP) is 4.80. The van der Waals surface area contributed by atoms with Crippen molar-refractivity contribution >= 4 is 11.5 Å². The smallest absolute Gasteiger partial charge is 0.161 e. The first-order valence-corrected chi connectivity index (χ1v) is 11.0. The molecule has 1 saturated heterocycles. The van der Waals surface area contributed by atoms with Crippen LogP contribution in [0.15, 0.2) is 72.8 Å². The number of carbonyl (C=O) groups excluding carboxylic acids is 1. The van der Waals surface area contributed by atoms with Crippen molar-refractivity contribution in [2.45, 2.75) is 20.1 Å². The third kappa shape index (κ3) is 5.48. The van der Waals surface area contributed by atoms with Gasteiger partial charge < -0.3 is 14.4 Å². The molecule has 0 bridgehead atoms. The van der Waals surface area contributed by atoms with Crippen molar-refractivity contribution in [2.75, 3.05) is 38.2 Å². The van der Waals surface area contributed by atoms with E-state index in [-0.39, 0.29) is 5.78 Å². The van der Waals surface area contributed by atoms with Crippen molar-refractivity contribution in [1.82, 2.24) is 4.90 Å². The van der Waals surface area contributed by atoms with Crippen LogP contribution in [-0.4, -0.2) is 44.0 Å². The summed E-state index contributed by atoms with van der Waals surface area (Å²) in [5.41, 5.74) is 4.29. The van der Waals surface area contributed by atoms with Gasteiger partial charge in [0.05, 0.1) is 7.11 Å². The lowest BCUT2D eigenvalue weighted by atomic mass is 10.1. The lowest BCUT2D eigenvalue weighted by molar-refractivity contribution is 0.101. The Morgan fingerprint density at radius 2 is 1.56 bits per heavy atom. The number of rotatable bonds is 8. The van der Waals surface area contributed by atoms with E-state index in [4.69, 9.17) is 9.47 Å². The average molecular weight is 431 g/mol. The Bertz CT molecular complexity index is 1030. The van der Waals surface area contributed by atoms with Gasteiger partial charge in [0, 0.05) is 44.0 Å². The standard InChI is InChI=1S/C27H30N2O3/c1-21(30)24-9-11-25(12-10-24)29-16-14-28(15-17-29)19-23-8-13-26(27(18-23)31-2)32-20-22-6-4-3-5-7-22/h3-13,18H,14-17,19-20H2,1-2H3. The number of piperazine rings is 1. The summed E-state index contributed by atoms with van der Waals surface area (Å²) in [4.78, 5) is 16.3. The summed E-state index contributed by atoms with van der Waals surface area (Å²) in [7, 11) is 1.69. The van der Waals surface area contributed by atoms with E-state index in [1.54, 1.807) is 14.0 Å². The largest absolute Gasteiger partial charge is 0.493 e. The minimum atomic E-state index is 0.105. The van der Waals surface area contributed by atoms with E-state index >= 15 is 0 Å².